The quantitative estimate of drug-likeness (QED) is 0.527. The van der Waals surface area contributed by atoms with Crippen LogP contribution >= 0.6 is 11.6 Å². The number of carbonyl (C=O) groups excluding carboxylic acids is 1. The van der Waals surface area contributed by atoms with E-state index in [4.69, 9.17) is 16.3 Å². The molecule has 0 atom stereocenters. The van der Waals surface area contributed by atoms with E-state index in [1.54, 1.807) is 4.90 Å². The maximum absolute atomic E-state index is 13.0. The van der Waals surface area contributed by atoms with Crippen LogP contribution in [0.1, 0.15) is 0 Å². The third-order valence-corrected chi connectivity index (χ3v) is 7.09. The van der Waals surface area contributed by atoms with Crippen molar-refractivity contribution in [3.05, 3.63) is 83.6 Å². The van der Waals surface area contributed by atoms with Crippen LogP contribution in [-0.2, 0) is 14.8 Å². The first-order chi connectivity index (χ1) is 16.3. The second-order valence-corrected chi connectivity index (χ2v) is 9.79. The number of para-hydroxylation sites is 1. The lowest BCUT2D eigenvalue weighted by atomic mass is 10.2. The minimum absolute atomic E-state index is 0.0590. The Labute approximate surface area is 202 Å². The lowest BCUT2D eigenvalue weighted by Crippen LogP contribution is -2.50. The van der Waals surface area contributed by atoms with Crippen LogP contribution < -0.4 is 14.4 Å². The molecule has 178 valence electrons. The van der Waals surface area contributed by atoms with E-state index in [9.17, 15) is 17.6 Å². The van der Waals surface area contributed by atoms with Crippen LogP contribution in [-0.4, -0.2) is 52.0 Å². The largest absolute Gasteiger partial charge is 0.482 e. The molecule has 1 fully saturated rings. The van der Waals surface area contributed by atoms with Crippen molar-refractivity contribution >= 4 is 38.9 Å². The molecule has 1 aliphatic rings. The highest BCUT2D eigenvalue weighted by Gasteiger charge is 2.22. The fourth-order valence-electron chi connectivity index (χ4n) is 3.58. The molecule has 0 bridgehead atoms. The highest BCUT2D eigenvalue weighted by atomic mass is 35.5. The minimum atomic E-state index is -3.93. The highest BCUT2D eigenvalue weighted by Crippen LogP contribution is 2.28. The molecule has 34 heavy (non-hydrogen) atoms. The number of nitrogens with one attached hydrogen (secondary N) is 1. The second kappa shape index (κ2) is 10.3. The predicted molar refractivity (Wildman–Crippen MR) is 129 cm³/mol. The highest BCUT2D eigenvalue weighted by molar-refractivity contribution is 7.92. The van der Waals surface area contributed by atoms with Crippen molar-refractivity contribution < 1.29 is 22.3 Å². The van der Waals surface area contributed by atoms with E-state index in [1.165, 1.54) is 30.3 Å². The summed E-state index contributed by atoms with van der Waals surface area (Å²) >= 11 is 6.22. The maximum atomic E-state index is 13.0. The van der Waals surface area contributed by atoms with E-state index in [0.29, 0.717) is 13.1 Å². The van der Waals surface area contributed by atoms with E-state index in [-0.39, 0.29) is 33.9 Å². The number of carbonyl (C=O) groups is 1. The number of hydrogen-bond donors (Lipinski definition) is 1. The van der Waals surface area contributed by atoms with Crippen LogP contribution in [0.5, 0.6) is 5.75 Å². The van der Waals surface area contributed by atoms with Crippen LogP contribution in [0.25, 0.3) is 0 Å². The van der Waals surface area contributed by atoms with Crippen LogP contribution in [0.15, 0.2) is 77.7 Å². The van der Waals surface area contributed by atoms with Gasteiger partial charge in [0.1, 0.15) is 11.6 Å². The molecule has 1 amide bonds. The third-order valence-electron chi connectivity index (χ3n) is 5.41. The Balaban J connectivity index is 1.32. The Hall–Kier alpha value is -3.30. The first-order valence-corrected chi connectivity index (χ1v) is 12.5. The van der Waals surface area contributed by atoms with Crippen molar-refractivity contribution in [1.29, 1.82) is 0 Å². The smallest absolute Gasteiger partial charge is 0.261 e. The zero-order chi connectivity index (χ0) is 24.1. The van der Waals surface area contributed by atoms with Gasteiger partial charge in [-0.2, -0.15) is 0 Å². The first-order valence-electron chi connectivity index (χ1n) is 10.6. The number of rotatable bonds is 7. The lowest BCUT2D eigenvalue weighted by Gasteiger charge is -2.36. The molecule has 4 rings (SSSR count). The monoisotopic (exact) mass is 503 g/mol. The van der Waals surface area contributed by atoms with Gasteiger partial charge in [-0.3, -0.25) is 9.52 Å². The fourth-order valence-corrected chi connectivity index (χ4v) is 4.97. The van der Waals surface area contributed by atoms with E-state index in [0.717, 1.165) is 30.9 Å². The third kappa shape index (κ3) is 5.78. The zero-order valence-electron chi connectivity index (χ0n) is 18.2. The molecule has 1 saturated heterocycles. The zero-order valence-corrected chi connectivity index (χ0v) is 19.7. The number of benzene rings is 3. The van der Waals surface area contributed by atoms with Gasteiger partial charge < -0.3 is 14.5 Å². The number of halogens is 2. The molecule has 0 spiro atoms. The molecule has 0 saturated carbocycles. The number of piperazine rings is 1. The number of nitrogens with zero attached hydrogens (tertiary/aromatic N) is 2. The van der Waals surface area contributed by atoms with E-state index < -0.39 is 15.8 Å². The van der Waals surface area contributed by atoms with Gasteiger partial charge in [0.15, 0.2) is 6.61 Å². The second-order valence-electron chi connectivity index (χ2n) is 7.70. The molecule has 1 heterocycles. The van der Waals surface area contributed by atoms with Gasteiger partial charge in [0, 0.05) is 37.6 Å². The van der Waals surface area contributed by atoms with Gasteiger partial charge in [-0.25, -0.2) is 12.8 Å². The van der Waals surface area contributed by atoms with E-state index in [1.807, 2.05) is 30.3 Å². The van der Waals surface area contributed by atoms with Gasteiger partial charge in [-0.05, 0) is 54.6 Å². The van der Waals surface area contributed by atoms with Crippen molar-refractivity contribution in [3.8, 4) is 5.75 Å². The predicted octanol–water partition coefficient (Wildman–Crippen LogP) is 4.01. The van der Waals surface area contributed by atoms with Gasteiger partial charge in [0.25, 0.3) is 15.9 Å². The molecule has 0 aliphatic carbocycles. The Morgan fingerprint density at radius 3 is 2.29 bits per heavy atom. The standard InChI is InChI=1S/C24H23ClFN3O4S/c25-22-16-21(34(31,32)27-19-8-6-18(26)7-9-19)10-11-23(22)33-17-24(30)29-14-12-28(13-15-29)20-4-2-1-3-5-20/h1-11,16,27H,12-15,17H2. The summed E-state index contributed by atoms with van der Waals surface area (Å²) < 4.78 is 46.1. The van der Waals surface area contributed by atoms with Crippen LogP contribution in [0, 0.1) is 5.82 Å². The summed E-state index contributed by atoms with van der Waals surface area (Å²) in [5.74, 6) is -0.433. The summed E-state index contributed by atoms with van der Waals surface area (Å²) in [6, 6.07) is 18.9. The van der Waals surface area contributed by atoms with Crippen LogP contribution in [0.2, 0.25) is 5.02 Å². The minimum Gasteiger partial charge on any atom is -0.482 e. The Kier molecular flexibility index (Phi) is 7.23. The molecule has 3 aromatic rings. The van der Waals surface area contributed by atoms with Gasteiger partial charge in [-0.15, -0.1) is 0 Å². The average Bonchev–Trinajstić information content (AvgIpc) is 2.85. The van der Waals surface area contributed by atoms with Crippen molar-refractivity contribution in [2.24, 2.45) is 0 Å². The Bertz CT molecular complexity index is 1250. The normalized spacial score (nSPS) is 14.1. The lowest BCUT2D eigenvalue weighted by molar-refractivity contribution is -0.133. The number of sulfonamides is 1. The van der Waals surface area contributed by atoms with Crippen molar-refractivity contribution in [2.75, 3.05) is 42.4 Å². The summed E-state index contributed by atoms with van der Waals surface area (Å²) in [5, 5.41) is 0.0590. The Morgan fingerprint density at radius 2 is 1.65 bits per heavy atom. The first kappa shape index (κ1) is 23.8. The van der Waals surface area contributed by atoms with Crippen molar-refractivity contribution in [1.82, 2.24) is 4.90 Å². The molecule has 7 nitrogen and oxygen atoms in total. The number of ether oxygens (including phenoxy) is 1. The Morgan fingerprint density at radius 1 is 0.971 bits per heavy atom. The summed E-state index contributed by atoms with van der Waals surface area (Å²) in [4.78, 5) is 16.5. The van der Waals surface area contributed by atoms with E-state index in [2.05, 4.69) is 9.62 Å². The molecule has 3 aromatic carbocycles. The SMILES string of the molecule is O=C(COc1ccc(S(=O)(=O)Nc2ccc(F)cc2)cc1Cl)N1CCN(c2ccccc2)CC1. The van der Waals surface area contributed by atoms with Crippen LogP contribution in [0.3, 0.4) is 0 Å². The maximum Gasteiger partial charge on any atom is 0.261 e. The number of amides is 1. The van der Waals surface area contributed by atoms with Crippen LogP contribution in [0.4, 0.5) is 15.8 Å². The average molecular weight is 504 g/mol. The van der Waals surface area contributed by atoms with Gasteiger partial charge >= 0.3 is 0 Å². The molecular formula is C24H23ClFN3O4S. The van der Waals surface area contributed by atoms with Gasteiger partial charge in [-0.1, -0.05) is 29.8 Å². The molecule has 10 heteroatoms. The van der Waals surface area contributed by atoms with Gasteiger partial charge in [0.2, 0.25) is 0 Å². The summed E-state index contributed by atoms with van der Waals surface area (Å²) in [6.07, 6.45) is 0. The van der Waals surface area contributed by atoms with E-state index >= 15 is 0 Å². The van der Waals surface area contributed by atoms with Crippen molar-refractivity contribution in [3.63, 3.8) is 0 Å². The van der Waals surface area contributed by atoms with Crippen molar-refractivity contribution in [2.45, 2.75) is 4.90 Å². The van der Waals surface area contributed by atoms with Gasteiger partial charge in [0.05, 0.1) is 9.92 Å². The topological polar surface area (TPSA) is 78.9 Å². The fraction of sp³-hybridized carbons (Fsp3) is 0.208. The molecule has 1 N–H and O–H groups in total. The molecule has 0 aromatic heterocycles. The summed E-state index contributed by atoms with van der Waals surface area (Å²) in [6.45, 7) is 2.41. The molecule has 0 radical (unpaired) electrons. The summed E-state index contributed by atoms with van der Waals surface area (Å²) in [5.41, 5.74) is 1.34. The molecule has 0 unspecified atom stereocenters. The number of anilines is 2. The molecule has 1 aliphatic heterocycles. The summed E-state index contributed by atoms with van der Waals surface area (Å²) in [7, 11) is -3.93. The number of hydrogen-bond acceptors (Lipinski definition) is 5. The molecular weight excluding hydrogens is 481 g/mol.